The van der Waals surface area contributed by atoms with Crippen LogP contribution in [-0.2, 0) is 11.2 Å². The van der Waals surface area contributed by atoms with Crippen LogP contribution in [0.15, 0.2) is 60.8 Å². The molecule has 1 aromatic heterocycles. The molecule has 1 fully saturated rings. The van der Waals surface area contributed by atoms with Crippen LogP contribution in [0.5, 0.6) is 0 Å². The van der Waals surface area contributed by atoms with Crippen molar-refractivity contribution in [1.82, 2.24) is 15.1 Å². The molecule has 1 aliphatic rings. The van der Waals surface area contributed by atoms with Crippen LogP contribution in [0.25, 0.3) is 5.69 Å². The lowest BCUT2D eigenvalue weighted by Crippen LogP contribution is -2.25. The summed E-state index contributed by atoms with van der Waals surface area (Å²) in [4.78, 5) is 24.4. The van der Waals surface area contributed by atoms with E-state index in [1.54, 1.807) is 18.2 Å². The Balaban J connectivity index is 1.27. The number of hydrogen-bond acceptors (Lipinski definition) is 3. The molecule has 0 saturated heterocycles. The SMILES string of the molecule is Cc1nn(-c2ccccc2)cc1CCCNC(=O)c1cccc(NC(=O)C2CC2)c1. The molecule has 0 unspecified atom stereocenters. The minimum Gasteiger partial charge on any atom is -0.352 e. The molecule has 0 spiro atoms. The van der Waals surface area contributed by atoms with E-state index in [4.69, 9.17) is 0 Å². The van der Waals surface area contributed by atoms with E-state index in [1.165, 1.54) is 5.56 Å². The summed E-state index contributed by atoms with van der Waals surface area (Å²) in [6.07, 6.45) is 5.63. The minimum absolute atomic E-state index is 0.0407. The van der Waals surface area contributed by atoms with Gasteiger partial charge in [0.2, 0.25) is 5.91 Å². The summed E-state index contributed by atoms with van der Waals surface area (Å²) in [7, 11) is 0. The second-order valence-electron chi connectivity index (χ2n) is 7.72. The standard InChI is InChI=1S/C24H26N4O2/c1-17-20(16-28(27-17)22-10-3-2-4-11-22)8-6-14-25-23(29)19-7-5-9-21(15-19)26-24(30)18-12-13-18/h2-5,7,9-11,15-16,18H,6,8,12-14H2,1H3,(H,25,29)(H,26,30). The van der Waals surface area contributed by atoms with E-state index in [1.807, 2.05) is 48.0 Å². The maximum atomic E-state index is 12.5. The van der Waals surface area contributed by atoms with Gasteiger partial charge >= 0.3 is 0 Å². The molecular weight excluding hydrogens is 376 g/mol. The molecule has 0 radical (unpaired) electrons. The highest BCUT2D eigenvalue weighted by Crippen LogP contribution is 2.30. The fraction of sp³-hybridized carbons (Fsp3) is 0.292. The molecule has 1 aliphatic carbocycles. The molecular formula is C24H26N4O2. The van der Waals surface area contributed by atoms with E-state index in [2.05, 4.69) is 21.9 Å². The Bertz CT molecular complexity index is 1040. The monoisotopic (exact) mass is 402 g/mol. The average molecular weight is 402 g/mol. The maximum absolute atomic E-state index is 12.5. The molecule has 154 valence electrons. The van der Waals surface area contributed by atoms with E-state index in [0.717, 1.165) is 37.1 Å². The molecule has 6 heteroatoms. The van der Waals surface area contributed by atoms with Crippen LogP contribution in [0.3, 0.4) is 0 Å². The number of amides is 2. The maximum Gasteiger partial charge on any atom is 0.251 e. The first kappa shape index (κ1) is 19.9. The zero-order chi connectivity index (χ0) is 20.9. The quantitative estimate of drug-likeness (QED) is 0.561. The predicted octanol–water partition coefficient (Wildman–Crippen LogP) is 3.89. The summed E-state index contributed by atoms with van der Waals surface area (Å²) in [5.74, 6) is 0.0467. The summed E-state index contributed by atoms with van der Waals surface area (Å²) in [5, 5.41) is 10.4. The number of hydrogen-bond donors (Lipinski definition) is 2. The number of nitrogens with zero attached hydrogens (tertiary/aromatic N) is 2. The molecule has 2 amide bonds. The topological polar surface area (TPSA) is 76.0 Å². The fourth-order valence-corrected chi connectivity index (χ4v) is 3.37. The van der Waals surface area contributed by atoms with Gasteiger partial charge in [0.25, 0.3) is 5.91 Å². The summed E-state index contributed by atoms with van der Waals surface area (Å²) < 4.78 is 1.89. The van der Waals surface area contributed by atoms with Gasteiger partial charge in [-0.05, 0) is 68.5 Å². The smallest absolute Gasteiger partial charge is 0.251 e. The molecule has 2 N–H and O–H groups in total. The summed E-state index contributed by atoms with van der Waals surface area (Å²) in [6, 6.07) is 17.1. The highest BCUT2D eigenvalue weighted by Gasteiger charge is 2.29. The van der Waals surface area contributed by atoms with E-state index in [9.17, 15) is 9.59 Å². The predicted molar refractivity (Wildman–Crippen MR) is 117 cm³/mol. The van der Waals surface area contributed by atoms with Crippen molar-refractivity contribution in [3.63, 3.8) is 0 Å². The van der Waals surface area contributed by atoms with E-state index < -0.39 is 0 Å². The number of carbonyl (C=O) groups is 2. The lowest BCUT2D eigenvalue weighted by atomic mass is 10.1. The molecule has 0 atom stereocenters. The van der Waals surface area contributed by atoms with Crippen LogP contribution < -0.4 is 10.6 Å². The molecule has 1 saturated carbocycles. The number of para-hydroxylation sites is 1. The van der Waals surface area contributed by atoms with Crippen LogP contribution in [0.2, 0.25) is 0 Å². The molecule has 2 aromatic carbocycles. The molecule has 6 nitrogen and oxygen atoms in total. The third-order valence-electron chi connectivity index (χ3n) is 5.27. The van der Waals surface area contributed by atoms with Gasteiger partial charge in [0, 0.05) is 29.9 Å². The number of aryl methyl sites for hydroxylation is 2. The summed E-state index contributed by atoms with van der Waals surface area (Å²) in [6.45, 7) is 2.59. The van der Waals surface area contributed by atoms with Gasteiger partial charge in [-0.15, -0.1) is 0 Å². The van der Waals surface area contributed by atoms with Crippen molar-refractivity contribution in [3.05, 3.63) is 77.6 Å². The Morgan fingerprint density at radius 1 is 1.10 bits per heavy atom. The van der Waals surface area contributed by atoms with Gasteiger partial charge in [-0.2, -0.15) is 5.10 Å². The number of aromatic nitrogens is 2. The van der Waals surface area contributed by atoms with Crippen LogP contribution in [0, 0.1) is 12.8 Å². The van der Waals surface area contributed by atoms with Crippen molar-refractivity contribution in [1.29, 1.82) is 0 Å². The average Bonchev–Trinajstić information content (AvgIpc) is 3.55. The zero-order valence-electron chi connectivity index (χ0n) is 17.1. The largest absolute Gasteiger partial charge is 0.352 e. The van der Waals surface area contributed by atoms with Crippen molar-refractivity contribution in [3.8, 4) is 5.69 Å². The molecule has 30 heavy (non-hydrogen) atoms. The third-order valence-corrected chi connectivity index (χ3v) is 5.27. The summed E-state index contributed by atoms with van der Waals surface area (Å²) in [5.41, 5.74) is 4.44. The molecule has 3 aromatic rings. The first-order valence-corrected chi connectivity index (χ1v) is 10.4. The van der Waals surface area contributed by atoms with Crippen LogP contribution in [-0.4, -0.2) is 28.1 Å². The molecule has 1 heterocycles. The van der Waals surface area contributed by atoms with Gasteiger partial charge in [0.05, 0.1) is 11.4 Å². The highest BCUT2D eigenvalue weighted by atomic mass is 16.2. The van der Waals surface area contributed by atoms with E-state index in [-0.39, 0.29) is 17.7 Å². The number of benzene rings is 2. The lowest BCUT2D eigenvalue weighted by molar-refractivity contribution is -0.117. The Labute approximate surface area is 176 Å². The lowest BCUT2D eigenvalue weighted by Gasteiger charge is -2.08. The number of anilines is 1. The van der Waals surface area contributed by atoms with Crippen molar-refractivity contribution in [2.75, 3.05) is 11.9 Å². The van der Waals surface area contributed by atoms with Crippen molar-refractivity contribution >= 4 is 17.5 Å². The van der Waals surface area contributed by atoms with E-state index >= 15 is 0 Å². The van der Waals surface area contributed by atoms with Crippen LogP contribution in [0.1, 0.15) is 40.9 Å². The number of carbonyl (C=O) groups excluding carboxylic acids is 2. The minimum atomic E-state index is -0.130. The van der Waals surface area contributed by atoms with Gasteiger partial charge in [-0.25, -0.2) is 4.68 Å². The first-order valence-electron chi connectivity index (χ1n) is 10.4. The zero-order valence-corrected chi connectivity index (χ0v) is 17.1. The van der Waals surface area contributed by atoms with Gasteiger partial charge in [0.15, 0.2) is 0 Å². The Morgan fingerprint density at radius 2 is 1.90 bits per heavy atom. The Kier molecular flexibility index (Phi) is 5.93. The van der Waals surface area contributed by atoms with Crippen molar-refractivity contribution < 1.29 is 9.59 Å². The van der Waals surface area contributed by atoms with Gasteiger partial charge in [0.1, 0.15) is 0 Å². The first-order chi connectivity index (χ1) is 14.6. The number of rotatable bonds is 8. The highest BCUT2D eigenvalue weighted by molar-refractivity contribution is 5.98. The summed E-state index contributed by atoms with van der Waals surface area (Å²) >= 11 is 0. The van der Waals surface area contributed by atoms with Gasteiger partial charge in [-0.1, -0.05) is 24.3 Å². The molecule has 4 rings (SSSR count). The van der Waals surface area contributed by atoms with Crippen molar-refractivity contribution in [2.45, 2.75) is 32.6 Å². The number of nitrogens with one attached hydrogen (secondary N) is 2. The normalized spacial score (nSPS) is 13.1. The fourth-order valence-electron chi connectivity index (χ4n) is 3.37. The second kappa shape index (κ2) is 8.95. The van der Waals surface area contributed by atoms with Crippen LogP contribution in [0.4, 0.5) is 5.69 Å². The molecule has 0 bridgehead atoms. The molecule has 0 aliphatic heterocycles. The Hall–Kier alpha value is -3.41. The van der Waals surface area contributed by atoms with Crippen molar-refractivity contribution in [2.24, 2.45) is 5.92 Å². The van der Waals surface area contributed by atoms with Gasteiger partial charge < -0.3 is 10.6 Å². The van der Waals surface area contributed by atoms with Crippen LogP contribution >= 0.6 is 0 Å². The van der Waals surface area contributed by atoms with Gasteiger partial charge in [-0.3, -0.25) is 9.59 Å². The van der Waals surface area contributed by atoms with E-state index in [0.29, 0.717) is 17.8 Å². The third kappa shape index (κ3) is 4.95. The second-order valence-corrected chi connectivity index (χ2v) is 7.72. The Morgan fingerprint density at radius 3 is 2.67 bits per heavy atom.